The summed E-state index contributed by atoms with van der Waals surface area (Å²) in [6.45, 7) is 1.10. The van der Waals surface area contributed by atoms with Crippen molar-refractivity contribution in [1.29, 1.82) is 0 Å². The van der Waals surface area contributed by atoms with Crippen molar-refractivity contribution >= 4 is 17.7 Å². The molecular weight excluding hydrogens is 250 g/mol. The third kappa shape index (κ3) is 2.53. The van der Waals surface area contributed by atoms with Crippen LogP contribution in [0.25, 0.3) is 0 Å². The molecule has 98 valence electrons. The number of thioether (sulfide) groups is 1. The summed E-state index contributed by atoms with van der Waals surface area (Å²) in [6, 6.07) is 7.35. The second kappa shape index (κ2) is 5.30. The van der Waals surface area contributed by atoms with Crippen molar-refractivity contribution in [2.45, 2.75) is 22.8 Å². The third-order valence-electron chi connectivity index (χ3n) is 3.39. The van der Waals surface area contributed by atoms with Crippen molar-refractivity contribution in [2.24, 2.45) is 5.73 Å². The summed E-state index contributed by atoms with van der Waals surface area (Å²) in [4.78, 5) is 12.1. The van der Waals surface area contributed by atoms with Gasteiger partial charge in [-0.05, 0) is 30.4 Å². The fraction of sp³-hybridized carbons (Fsp3) is 0.462. The molecule has 0 spiro atoms. The number of ether oxygens (including phenoxy) is 1. The maximum atomic E-state index is 10.9. The van der Waals surface area contributed by atoms with Gasteiger partial charge >= 0.3 is 5.97 Å². The molecule has 1 aliphatic heterocycles. The van der Waals surface area contributed by atoms with Gasteiger partial charge in [-0.1, -0.05) is 12.1 Å². The smallest absolute Gasteiger partial charge is 0.320 e. The largest absolute Gasteiger partial charge is 0.480 e. The van der Waals surface area contributed by atoms with E-state index in [0.717, 1.165) is 5.56 Å². The van der Waals surface area contributed by atoms with Gasteiger partial charge in [0.1, 0.15) is 6.04 Å². The van der Waals surface area contributed by atoms with Gasteiger partial charge < -0.3 is 15.6 Å². The lowest BCUT2D eigenvalue weighted by Gasteiger charge is -2.43. The molecule has 1 fully saturated rings. The molecular formula is C13H17NO3S. The lowest BCUT2D eigenvalue weighted by atomic mass is 9.74. The van der Waals surface area contributed by atoms with Gasteiger partial charge in [-0.25, -0.2) is 0 Å². The fourth-order valence-corrected chi connectivity index (χ4v) is 2.61. The van der Waals surface area contributed by atoms with Crippen LogP contribution in [0.4, 0.5) is 0 Å². The van der Waals surface area contributed by atoms with E-state index in [1.54, 1.807) is 11.8 Å². The predicted octanol–water partition coefficient (Wildman–Crippen LogP) is 1.48. The number of carbonyl (C=O) groups is 1. The Bertz CT molecular complexity index is 428. The number of carboxylic acids is 1. The number of aliphatic carboxylic acids is 1. The van der Waals surface area contributed by atoms with Crippen molar-refractivity contribution in [3.63, 3.8) is 0 Å². The molecule has 5 heteroatoms. The average Bonchev–Trinajstić information content (AvgIpc) is 2.33. The van der Waals surface area contributed by atoms with E-state index in [-0.39, 0.29) is 5.41 Å². The van der Waals surface area contributed by atoms with E-state index >= 15 is 0 Å². The molecule has 1 atom stereocenters. The summed E-state index contributed by atoms with van der Waals surface area (Å²) in [5.41, 5.74) is 6.53. The van der Waals surface area contributed by atoms with Crippen LogP contribution in [0.15, 0.2) is 29.2 Å². The molecule has 0 aromatic heterocycles. The van der Waals surface area contributed by atoms with E-state index in [4.69, 9.17) is 15.6 Å². The Balaban J connectivity index is 2.18. The van der Waals surface area contributed by atoms with E-state index < -0.39 is 12.0 Å². The molecule has 1 aliphatic rings. The third-order valence-corrected chi connectivity index (χ3v) is 4.13. The average molecular weight is 267 g/mol. The summed E-state index contributed by atoms with van der Waals surface area (Å²) < 4.78 is 5.28. The van der Waals surface area contributed by atoms with E-state index in [1.807, 2.05) is 30.5 Å². The Kier molecular flexibility index (Phi) is 3.94. The summed E-state index contributed by atoms with van der Waals surface area (Å²) >= 11 is 1.68. The highest BCUT2D eigenvalue weighted by molar-refractivity contribution is 7.98. The van der Waals surface area contributed by atoms with Gasteiger partial charge in [-0.2, -0.15) is 0 Å². The highest BCUT2D eigenvalue weighted by atomic mass is 32.2. The topological polar surface area (TPSA) is 72.6 Å². The van der Waals surface area contributed by atoms with Crippen molar-refractivity contribution < 1.29 is 14.6 Å². The van der Waals surface area contributed by atoms with Crippen molar-refractivity contribution in [1.82, 2.24) is 0 Å². The zero-order chi connectivity index (χ0) is 13.2. The SMILES string of the molecule is CSc1ccc(C2(CC(N)C(=O)O)COC2)cc1. The maximum Gasteiger partial charge on any atom is 0.320 e. The quantitative estimate of drug-likeness (QED) is 0.791. The highest BCUT2D eigenvalue weighted by Gasteiger charge is 2.42. The van der Waals surface area contributed by atoms with Gasteiger partial charge in [0.25, 0.3) is 0 Å². The standard InChI is InChI=1S/C13H17NO3S/c1-18-10-4-2-9(3-5-10)13(7-17-8-13)6-11(14)12(15)16/h2-5,11H,6-8,14H2,1H3,(H,15,16). The summed E-state index contributed by atoms with van der Waals surface area (Å²) in [5.74, 6) is -0.956. The molecule has 1 aromatic carbocycles. The zero-order valence-electron chi connectivity index (χ0n) is 10.3. The Labute approximate surface area is 111 Å². The van der Waals surface area contributed by atoms with Crippen LogP contribution in [0.2, 0.25) is 0 Å². The molecule has 4 nitrogen and oxygen atoms in total. The molecule has 2 rings (SSSR count). The number of carboxylic acid groups (broad SMARTS) is 1. The van der Waals surface area contributed by atoms with Crippen LogP contribution >= 0.6 is 11.8 Å². The Morgan fingerprint density at radius 3 is 2.50 bits per heavy atom. The number of hydrogen-bond donors (Lipinski definition) is 2. The van der Waals surface area contributed by atoms with Gasteiger partial charge in [-0.3, -0.25) is 4.79 Å². The summed E-state index contributed by atoms with van der Waals surface area (Å²) in [7, 11) is 0. The van der Waals surface area contributed by atoms with Crippen LogP contribution in [0, 0.1) is 0 Å². The van der Waals surface area contributed by atoms with Gasteiger partial charge in [0.2, 0.25) is 0 Å². The molecule has 0 radical (unpaired) electrons. The second-order valence-corrected chi connectivity index (χ2v) is 5.53. The lowest BCUT2D eigenvalue weighted by Crippen LogP contribution is -2.51. The highest BCUT2D eigenvalue weighted by Crippen LogP contribution is 2.37. The van der Waals surface area contributed by atoms with Crippen LogP contribution in [0.1, 0.15) is 12.0 Å². The van der Waals surface area contributed by atoms with Crippen LogP contribution in [-0.4, -0.2) is 36.6 Å². The van der Waals surface area contributed by atoms with E-state index in [1.165, 1.54) is 4.90 Å². The monoisotopic (exact) mass is 267 g/mol. The minimum absolute atomic E-state index is 0.227. The van der Waals surface area contributed by atoms with Crippen molar-refractivity contribution in [2.75, 3.05) is 19.5 Å². The first-order chi connectivity index (χ1) is 8.57. The summed E-state index contributed by atoms with van der Waals surface area (Å²) in [5, 5.41) is 8.92. The molecule has 3 N–H and O–H groups in total. The minimum atomic E-state index is -0.956. The normalized spacial score (nSPS) is 19.0. The van der Waals surface area contributed by atoms with Crippen LogP contribution in [0.5, 0.6) is 0 Å². The van der Waals surface area contributed by atoms with E-state index in [0.29, 0.717) is 19.6 Å². The predicted molar refractivity (Wildman–Crippen MR) is 70.9 cm³/mol. The Morgan fingerprint density at radius 1 is 1.50 bits per heavy atom. The molecule has 0 aliphatic carbocycles. The van der Waals surface area contributed by atoms with Crippen molar-refractivity contribution in [3.8, 4) is 0 Å². The number of rotatable bonds is 5. The second-order valence-electron chi connectivity index (χ2n) is 4.65. The van der Waals surface area contributed by atoms with Crippen LogP contribution in [0.3, 0.4) is 0 Å². The first kappa shape index (κ1) is 13.4. The minimum Gasteiger partial charge on any atom is -0.480 e. The van der Waals surface area contributed by atoms with Gasteiger partial charge in [0, 0.05) is 10.3 Å². The fourth-order valence-electron chi connectivity index (χ4n) is 2.20. The Hall–Kier alpha value is -1.04. The van der Waals surface area contributed by atoms with Crippen molar-refractivity contribution in [3.05, 3.63) is 29.8 Å². The van der Waals surface area contributed by atoms with E-state index in [2.05, 4.69) is 0 Å². The molecule has 0 bridgehead atoms. The van der Waals surface area contributed by atoms with Gasteiger partial charge in [0.05, 0.1) is 13.2 Å². The Morgan fingerprint density at radius 2 is 2.11 bits per heavy atom. The first-order valence-electron chi connectivity index (χ1n) is 5.78. The summed E-state index contributed by atoms with van der Waals surface area (Å²) in [6.07, 6.45) is 2.44. The van der Waals surface area contributed by atoms with E-state index in [9.17, 15) is 4.79 Å². The maximum absolute atomic E-state index is 10.9. The van der Waals surface area contributed by atoms with Gasteiger partial charge in [0.15, 0.2) is 0 Å². The molecule has 0 amide bonds. The first-order valence-corrected chi connectivity index (χ1v) is 7.00. The van der Waals surface area contributed by atoms with Crippen LogP contribution < -0.4 is 5.73 Å². The number of hydrogen-bond acceptors (Lipinski definition) is 4. The number of benzene rings is 1. The molecule has 18 heavy (non-hydrogen) atoms. The number of nitrogens with two attached hydrogens (primary N) is 1. The lowest BCUT2D eigenvalue weighted by molar-refractivity contribution is -0.141. The van der Waals surface area contributed by atoms with Crippen LogP contribution in [-0.2, 0) is 14.9 Å². The molecule has 1 saturated heterocycles. The van der Waals surface area contributed by atoms with Gasteiger partial charge in [-0.15, -0.1) is 11.8 Å². The molecule has 1 heterocycles. The zero-order valence-corrected chi connectivity index (χ0v) is 11.1. The molecule has 0 saturated carbocycles. The molecule has 1 aromatic rings. The molecule has 1 unspecified atom stereocenters.